The third-order valence-electron chi connectivity index (χ3n) is 4.08. The van der Waals surface area contributed by atoms with Gasteiger partial charge in [-0.2, -0.15) is 0 Å². The first-order valence-corrected chi connectivity index (χ1v) is 7.49. The fraction of sp³-hybridized carbons (Fsp3) is 0.625. The number of hydrogen-bond donors (Lipinski definition) is 2. The number of aliphatic hydroxyl groups is 1. The van der Waals surface area contributed by atoms with Crippen LogP contribution in [0.25, 0.3) is 0 Å². The molecule has 0 bridgehead atoms. The normalized spacial score (nSPS) is 27.2. The smallest absolute Gasteiger partial charge is 0.124 e. The van der Waals surface area contributed by atoms with Gasteiger partial charge in [0, 0.05) is 18.2 Å². The van der Waals surface area contributed by atoms with Crippen LogP contribution in [0.15, 0.2) is 24.3 Å². The average molecular weight is 261 g/mol. The third-order valence-corrected chi connectivity index (χ3v) is 4.08. The molecule has 0 amide bonds. The minimum Gasteiger partial charge on any atom is -0.487 e. The fourth-order valence-corrected chi connectivity index (χ4v) is 2.68. The van der Waals surface area contributed by atoms with Crippen molar-refractivity contribution in [1.82, 2.24) is 5.32 Å². The van der Waals surface area contributed by atoms with Crippen molar-refractivity contribution in [2.75, 3.05) is 0 Å². The Kier molecular flexibility index (Phi) is 4.04. The standard InChI is InChI=1S/C16H23NO2/c18-14-6-2-4-8-16(14)19-15-7-3-1-5-12(15)11-17-13-9-10-13/h1,3,5,7,13-14,16-18H,2,4,6,8-11H2. The van der Waals surface area contributed by atoms with Gasteiger partial charge in [-0.25, -0.2) is 0 Å². The molecule has 104 valence electrons. The van der Waals surface area contributed by atoms with Crippen LogP contribution in [0.2, 0.25) is 0 Å². The Hall–Kier alpha value is -1.06. The van der Waals surface area contributed by atoms with Gasteiger partial charge in [-0.3, -0.25) is 0 Å². The predicted molar refractivity (Wildman–Crippen MR) is 75.2 cm³/mol. The Morgan fingerprint density at radius 1 is 1.11 bits per heavy atom. The molecule has 3 rings (SSSR count). The van der Waals surface area contributed by atoms with Crippen LogP contribution >= 0.6 is 0 Å². The molecule has 2 unspecified atom stereocenters. The van der Waals surface area contributed by atoms with E-state index in [1.807, 2.05) is 18.2 Å². The van der Waals surface area contributed by atoms with E-state index in [-0.39, 0.29) is 12.2 Å². The maximum absolute atomic E-state index is 10.0. The van der Waals surface area contributed by atoms with E-state index in [2.05, 4.69) is 11.4 Å². The second-order valence-corrected chi connectivity index (χ2v) is 5.77. The van der Waals surface area contributed by atoms with Crippen molar-refractivity contribution in [1.29, 1.82) is 0 Å². The summed E-state index contributed by atoms with van der Waals surface area (Å²) in [5.74, 6) is 0.932. The van der Waals surface area contributed by atoms with E-state index in [1.54, 1.807) is 0 Å². The molecule has 0 aromatic heterocycles. The third kappa shape index (κ3) is 3.48. The molecule has 0 saturated heterocycles. The molecule has 3 nitrogen and oxygen atoms in total. The maximum atomic E-state index is 10.0. The van der Waals surface area contributed by atoms with Gasteiger partial charge >= 0.3 is 0 Å². The zero-order valence-corrected chi connectivity index (χ0v) is 11.3. The molecule has 1 aromatic carbocycles. The predicted octanol–water partition coefficient (Wildman–Crippen LogP) is 2.62. The van der Waals surface area contributed by atoms with Crippen molar-refractivity contribution in [2.24, 2.45) is 0 Å². The van der Waals surface area contributed by atoms with Crippen molar-refractivity contribution in [3.63, 3.8) is 0 Å². The maximum Gasteiger partial charge on any atom is 0.124 e. The molecule has 0 spiro atoms. The molecule has 2 saturated carbocycles. The van der Waals surface area contributed by atoms with E-state index < -0.39 is 0 Å². The van der Waals surface area contributed by atoms with E-state index in [0.717, 1.165) is 38.0 Å². The van der Waals surface area contributed by atoms with Crippen molar-refractivity contribution in [3.8, 4) is 5.75 Å². The van der Waals surface area contributed by atoms with Crippen LogP contribution < -0.4 is 10.1 Å². The Bertz CT molecular complexity index is 417. The molecular formula is C16H23NO2. The molecule has 1 aromatic rings. The minimum atomic E-state index is -0.307. The van der Waals surface area contributed by atoms with Crippen LogP contribution in [-0.4, -0.2) is 23.4 Å². The van der Waals surface area contributed by atoms with Gasteiger partial charge in [0.25, 0.3) is 0 Å². The first-order valence-electron chi connectivity index (χ1n) is 7.49. The average Bonchev–Trinajstić information content (AvgIpc) is 3.24. The van der Waals surface area contributed by atoms with Crippen LogP contribution in [0.4, 0.5) is 0 Å². The van der Waals surface area contributed by atoms with Crippen LogP contribution in [0.1, 0.15) is 44.1 Å². The molecule has 3 heteroatoms. The molecule has 0 heterocycles. The second-order valence-electron chi connectivity index (χ2n) is 5.77. The summed E-state index contributed by atoms with van der Waals surface area (Å²) in [5.41, 5.74) is 1.20. The topological polar surface area (TPSA) is 41.5 Å². The monoisotopic (exact) mass is 261 g/mol. The Morgan fingerprint density at radius 3 is 2.68 bits per heavy atom. The summed E-state index contributed by atoms with van der Waals surface area (Å²) in [6.45, 7) is 0.865. The summed E-state index contributed by atoms with van der Waals surface area (Å²) in [6.07, 6.45) is 6.36. The number of ether oxygens (including phenoxy) is 1. The lowest BCUT2D eigenvalue weighted by Crippen LogP contribution is -2.35. The van der Waals surface area contributed by atoms with E-state index in [1.165, 1.54) is 18.4 Å². The molecule has 2 aliphatic rings. The van der Waals surface area contributed by atoms with Gasteiger partial charge < -0.3 is 15.2 Å². The highest BCUT2D eigenvalue weighted by Crippen LogP contribution is 2.27. The number of nitrogens with one attached hydrogen (secondary N) is 1. The molecular weight excluding hydrogens is 238 g/mol. The number of rotatable bonds is 5. The van der Waals surface area contributed by atoms with Crippen molar-refractivity contribution >= 4 is 0 Å². The van der Waals surface area contributed by atoms with Crippen LogP contribution in [0, 0.1) is 0 Å². The summed E-state index contributed by atoms with van der Waals surface area (Å²) in [6, 6.07) is 8.89. The summed E-state index contributed by atoms with van der Waals surface area (Å²) >= 11 is 0. The van der Waals surface area contributed by atoms with E-state index in [4.69, 9.17) is 4.74 Å². The van der Waals surface area contributed by atoms with Crippen LogP contribution in [0.5, 0.6) is 5.75 Å². The highest BCUT2D eigenvalue weighted by molar-refractivity contribution is 5.33. The van der Waals surface area contributed by atoms with E-state index in [9.17, 15) is 5.11 Å². The lowest BCUT2D eigenvalue weighted by Gasteiger charge is -2.29. The molecule has 2 fully saturated rings. The van der Waals surface area contributed by atoms with Gasteiger partial charge in [0.05, 0.1) is 6.10 Å². The minimum absolute atomic E-state index is 0.0316. The molecule has 2 atom stereocenters. The summed E-state index contributed by atoms with van der Waals surface area (Å²) in [5, 5.41) is 13.5. The fourth-order valence-electron chi connectivity index (χ4n) is 2.68. The first-order chi connectivity index (χ1) is 9.33. The summed E-state index contributed by atoms with van der Waals surface area (Å²) in [7, 11) is 0. The largest absolute Gasteiger partial charge is 0.487 e. The van der Waals surface area contributed by atoms with E-state index >= 15 is 0 Å². The van der Waals surface area contributed by atoms with Gasteiger partial charge in [0.2, 0.25) is 0 Å². The molecule has 2 N–H and O–H groups in total. The van der Waals surface area contributed by atoms with E-state index in [0.29, 0.717) is 6.04 Å². The zero-order valence-electron chi connectivity index (χ0n) is 11.3. The van der Waals surface area contributed by atoms with Crippen molar-refractivity contribution in [2.45, 2.75) is 63.3 Å². The van der Waals surface area contributed by atoms with Gasteiger partial charge in [0.1, 0.15) is 11.9 Å². The van der Waals surface area contributed by atoms with Gasteiger partial charge in [-0.15, -0.1) is 0 Å². The van der Waals surface area contributed by atoms with Gasteiger partial charge in [0.15, 0.2) is 0 Å². The highest BCUT2D eigenvalue weighted by atomic mass is 16.5. The SMILES string of the molecule is OC1CCCCC1Oc1ccccc1CNC1CC1. The van der Waals surface area contributed by atoms with Gasteiger partial charge in [-0.05, 0) is 38.2 Å². The van der Waals surface area contributed by atoms with Crippen LogP contribution in [0.3, 0.4) is 0 Å². The van der Waals surface area contributed by atoms with Crippen molar-refractivity contribution in [3.05, 3.63) is 29.8 Å². The molecule has 19 heavy (non-hydrogen) atoms. The van der Waals surface area contributed by atoms with Crippen LogP contribution in [-0.2, 0) is 6.54 Å². The number of para-hydroxylation sites is 1. The van der Waals surface area contributed by atoms with Crippen molar-refractivity contribution < 1.29 is 9.84 Å². The quantitative estimate of drug-likeness (QED) is 0.856. The second kappa shape index (κ2) is 5.93. The zero-order chi connectivity index (χ0) is 13.1. The Morgan fingerprint density at radius 2 is 1.89 bits per heavy atom. The summed E-state index contributed by atoms with van der Waals surface area (Å²) in [4.78, 5) is 0. The molecule has 2 aliphatic carbocycles. The Labute approximate surface area is 115 Å². The Balaban J connectivity index is 1.64. The number of benzene rings is 1. The summed E-state index contributed by atoms with van der Waals surface area (Å²) < 4.78 is 6.06. The number of hydrogen-bond acceptors (Lipinski definition) is 3. The lowest BCUT2D eigenvalue weighted by atomic mass is 9.95. The number of aliphatic hydroxyl groups excluding tert-OH is 1. The molecule has 0 aliphatic heterocycles. The lowest BCUT2D eigenvalue weighted by molar-refractivity contribution is 0.00635. The first kappa shape index (κ1) is 12.9. The molecule has 0 radical (unpaired) electrons. The van der Waals surface area contributed by atoms with Gasteiger partial charge in [-0.1, -0.05) is 24.6 Å². The highest BCUT2D eigenvalue weighted by Gasteiger charge is 2.25.